The predicted molar refractivity (Wildman–Crippen MR) is 142 cm³/mol. The van der Waals surface area contributed by atoms with Crippen LogP contribution in [0.5, 0.6) is 0 Å². The molecule has 0 spiro atoms. The highest BCUT2D eigenvalue weighted by molar-refractivity contribution is 5.76. The third-order valence-corrected chi connectivity index (χ3v) is 7.01. The van der Waals surface area contributed by atoms with Crippen LogP contribution in [-0.4, -0.2) is 40.5 Å². The second-order valence-electron chi connectivity index (χ2n) is 9.71. The van der Waals surface area contributed by atoms with Crippen LogP contribution < -0.4 is 15.8 Å². The monoisotopic (exact) mass is 459 g/mol. The van der Waals surface area contributed by atoms with Crippen molar-refractivity contribution in [2.75, 3.05) is 31.1 Å². The zero-order valence-corrected chi connectivity index (χ0v) is 21.1. The number of pyridine rings is 1. The Morgan fingerprint density at radius 3 is 2.65 bits per heavy atom. The molecule has 4 rings (SSSR count). The second-order valence-corrected chi connectivity index (χ2v) is 9.71. The minimum Gasteiger partial charge on any atom is -0.368 e. The lowest BCUT2D eigenvalue weighted by Crippen LogP contribution is -2.43. The Bertz CT molecular complexity index is 1230. The van der Waals surface area contributed by atoms with Crippen LogP contribution in [0, 0.1) is 11.8 Å². The summed E-state index contributed by atoms with van der Waals surface area (Å²) < 4.78 is 1.65. The summed E-state index contributed by atoms with van der Waals surface area (Å²) in [6, 6.07) is 5.66. The van der Waals surface area contributed by atoms with Crippen molar-refractivity contribution in [2.45, 2.75) is 41.0 Å². The molecule has 2 aromatic rings. The fraction of sp³-hybridized carbons (Fsp3) is 0.429. The second kappa shape index (κ2) is 10.0. The van der Waals surface area contributed by atoms with Gasteiger partial charge in [0.1, 0.15) is 5.65 Å². The first kappa shape index (κ1) is 24.0. The van der Waals surface area contributed by atoms with Gasteiger partial charge in [-0.05, 0) is 49.0 Å². The van der Waals surface area contributed by atoms with Crippen molar-refractivity contribution in [3.8, 4) is 0 Å². The summed E-state index contributed by atoms with van der Waals surface area (Å²) >= 11 is 0. The van der Waals surface area contributed by atoms with Crippen LogP contribution in [0.25, 0.3) is 11.2 Å². The fourth-order valence-electron chi connectivity index (χ4n) is 4.44. The van der Waals surface area contributed by atoms with E-state index in [4.69, 9.17) is 4.98 Å². The van der Waals surface area contributed by atoms with E-state index in [-0.39, 0.29) is 5.56 Å². The summed E-state index contributed by atoms with van der Waals surface area (Å²) in [5, 5.41) is 3.37. The maximum atomic E-state index is 13.1. The molecule has 0 radical (unpaired) electrons. The van der Waals surface area contributed by atoms with Crippen molar-refractivity contribution in [1.29, 1.82) is 0 Å². The molecule has 2 aromatic heterocycles. The van der Waals surface area contributed by atoms with Gasteiger partial charge in [0.05, 0.1) is 11.4 Å². The van der Waals surface area contributed by atoms with Gasteiger partial charge in [0.25, 0.3) is 5.56 Å². The highest BCUT2D eigenvalue weighted by atomic mass is 16.1. The molecule has 1 saturated heterocycles. The first-order valence-electron chi connectivity index (χ1n) is 12.4. The lowest BCUT2D eigenvalue weighted by molar-refractivity contribution is 0.572. The van der Waals surface area contributed by atoms with E-state index in [2.05, 4.69) is 74.7 Å². The zero-order valence-electron chi connectivity index (χ0n) is 21.1. The molecule has 180 valence electrons. The first-order chi connectivity index (χ1) is 16.3. The molecule has 34 heavy (non-hydrogen) atoms. The number of piperazine rings is 1. The molecular weight excluding hydrogens is 422 g/mol. The van der Waals surface area contributed by atoms with Crippen LogP contribution in [-0.2, 0) is 0 Å². The van der Waals surface area contributed by atoms with Crippen LogP contribution in [0.2, 0.25) is 0 Å². The molecule has 1 fully saturated rings. The quantitative estimate of drug-likeness (QED) is 0.672. The van der Waals surface area contributed by atoms with Gasteiger partial charge < -0.3 is 15.1 Å². The zero-order chi connectivity index (χ0) is 24.4. The third kappa shape index (κ3) is 4.87. The lowest BCUT2D eigenvalue weighted by Gasteiger charge is -2.30. The van der Waals surface area contributed by atoms with Gasteiger partial charge in [-0.15, -0.1) is 0 Å². The van der Waals surface area contributed by atoms with E-state index in [0.717, 1.165) is 55.1 Å². The molecule has 0 amide bonds. The molecular formula is C28H37N5O. The van der Waals surface area contributed by atoms with Gasteiger partial charge in [0.2, 0.25) is 0 Å². The number of aromatic nitrogens is 2. The van der Waals surface area contributed by atoms with E-state index in [0.29, 0.717) is 23.2 Å². The molecule has 2 aliphatic rings. The van der Waals surface area contributed by atoms with Gasteiger partial charge in [-0.25, -0.2) is 4.98 Å². The average molecular weight is 460 g/mol. The van der Waals surface area contributed by atoms with E-state index in [1.54, 1.807) is 10.5 Å². The number of nitrogens with zero attached hydrogens (tertiary/aromatic N) is 4. The highest BCUT2D eigenvalue weighted by Crippen LogP contribution is 2.33. The molecule has 0 aliphatic carbocycles. The van der Waals surface area contributed by atoms with Crippen molar-refractivity contribution in [2.24, 2.45) is 11.8 Å². The van der Waals surface area contributed by atoms with Crippen molar-refractivity contribution >= 4 is 16.9 Å². The van der Waals surface area contributed by atoms with Crippen molar-refractivity contribution in [1.82, 2.24) is 19.6 Å². The number of anilines is 1. The van der Waals surface area contributed by atoms with Crippen LogP contribution in [0.15, 0.2) is 71.1 Å². The summed E-state index contributed by atoms with van der Waals surface area (Å²) in [6.45, 7) is 19.1. The lowest BCUT2D eigenvalue weighted by atomic mass is 9.93. The minimum atomic E-state index is -0.0698. The van der Waals surface area contributed by atoms with Crippen LogP contribution in [0.4, 0.5) is 5.69 Å². The Kier molecular flexibility index (Phi) is 7.08. The van der Waals surface area contributed by atoms with Crippen molar-refractivity contribution in [3.63, 3.8) is 0 Å². The van der Waals surface area contributed by atoms with E-state index in [9.17, 15) is 4.79 Å². The van der Waals surface area contributed by atoms with E-state index in [1.165, 1.54) is 5.57 Å². The number of allylic oxidation sites excluding steroid dienone is 4. The average Bonchev–Trinajstić information content (AvgIpc) is 2.84. The highest BCUT2D eigenvalue weighted by Gasteiger charge is 2.21. The molecule has 4 heterocycles. The normalized spacial score (nSPS) is 18.4. The number of nitrogens with one attached hydrogen (secondary N) is 1. The molecule has 1 unspecified atom stereocenters. The smallest absolute Gasteiger partial charge is 0.258 e. The summed E-state index contributed by atoms with van der Waals surface area (Å²) in [4.78, 5) is 22.4. The Morgan fingerprint density at radius 1 is 1.24 bits per heavy atom. The largest absolute Gasteiger partial charge is 0.368 e. The number of rotatable bonds is 6. The summed E-state index contributed by atoms with van der Waals surface area (Å²) in [6.07, 6.45) is 9.35. The maximum Gasteiger partial charge on any atom is 0.258 e. The van der Waals surface area contributed by atoms with Gasteiger partial charge in [0, 0.05) is 62.1 Å². The molecule has 1 atom stereocenters. The van der Waals surface area contributed by atoms with Crippen molar-refractivity contribution < 1.29 is 0 Å². The molecule has 0 bridgehead atoms. The minimum absolute atomic E-state index is 0.0698. The van der Waals surface area contributed by atoms with Gasteiger partial charge in [-0.1, -0.05) is 39.8 Å². The predicted octanol–water partition coefficient (Wildman–Crippen LogP) is 4.81. The first-order valence-corrected chi connectivity index (χ1v) is 12.4. The van der Waals surface area contributed by atoms with Gasteiger partial charge in [0.15, 0.2) is 0 Å². The topological polar surface area (TPSA) is 52.9 Å². The molecule has 2 aliphatic heterocycles. The van der Waals surface area contributed by atoms with E-state index >= 15 is 0 Å². The Hall–Kier alpha value is -3.12. The number of hydrogen-bond donors (Lipinski definition) is 1. The van der Waals surface area contributed by atoms with E-state index < -0.39 is 0 Å². The van der Waals surface area contributed by atoms with Gasteiger partial charge in [-0.2, -0.15) is 0 Å². The van der Waals surface area contributed by atoms with Gasteiger partial charge in [-0.3, -0.25) is 9.20 Å². The SMILES string of the molecule is C=C1C(C(C)C)=CC(c2cc(=O)n3cc(N4CCNCC4)ccc3n2)=CN1/C=C(/C)C(C)CC. The molecule has 1 N–H and O–H groups in total. The maximum absolute atomic E-state index is 13.1. The van der Waals surface area contributed by atoms with Crippen LogP contribution in [0.1, 0.15) is 46.7 Å². The van der Waals surface area contributed by atoms with E-state index in [1.807, 2.05) is 18.5 Å². The third-order valence-electron chi connectivity index (χ3n) is 7.01. The van der Waals surface area contributed by atoms with Crippen LogP contribution in [0.3, 0.4) is 0 Å². The molecule has 0 aromatic carbocycles. The van der Waals surface area contributed by atoms with Crippen molar-refractivity contribution in [3.05, 3.63) is 82.3 Å². The fourth-order valence-corrected chi connectivity index (χ4v) is 4.44. The Morgan fingerprint density at radius 2 is 1.97 bits per heavy atom. The molecule has 6 nitrogen and oxygen atoms in total. The summed E-state index contributed by atoms with van der Waals surface area (Å²) in [5.74, 6) is 0.797. The molecule has 6 heteroatoms. The van der Waals surface area contributed by atoms with Gasteiger partial charge >= 0.3 is 0 Å². The molecule has 0 saturated carbocycles. The number of fused-ring (bicyclic) bond motifs is 1. The standard InChI is InChI=1S/C28H37N5O/c1-7-20(4)21(5)16-32-17-23(14-25(19(2)3)22(32)6)26-15-28(34)33-18-24(8-9-27(33)30-26)31-12-10-29-11-13-31/h8-9,14-20,29H,6-7,10-13H2,1-5H3/b21-16-. The summed E-state index contributed by atoms with van der Waals surface area (Å²) in [7, 11) is 0. The Balaban J connectivity index is 1.75. The summed E-state index contributed by atoms with van der Waals surface area (Å²) in [5.41, 5.74) is 6.68. The van der Waals surface area contributed by atoms with Crippen LogP contribution >= 0.6 is 0 Å². The number of hydrogen-bond acceptors (Lipinski definition) is 5. The Labute approximate surface area is 203 Å².